The molecule has 0 atom stereocenters. The van der Waals surface area contributed by atoms with E-state index in [4.69, 9.17) is 4.74 Å². The Balaban J connectivity index is 1.82. The Hall–Kier alpha value is -3.35. The van der Waals surface area contributed by atoms with E-state index in [-0.39, 0.29) is 0 Å². The van der Waals surface area contributed by atoms with Crippen LogP contribution >= 0.6 is 0 Å². The van der Waals surface area contributed by atoms with Crippen LogP contribution in [0.5, 0.6) is 5.75 Å². The van der Waals surface area contributed by atoms with E-state index in [1.165, 1.54) is 13.1 Å². The highest BCUT2D eigenvalue weighted by atomic mass is 16.5. The molecule has 24 heavy (non-hydrogen) atoms. The molecule has 0 aliphatic rings. The van der Waals surface area contributed by atoms with Crippen molar-refractivity contribution in [2.75, 3.05) is 7.05 Å². The van der Waals surface area contributed by atoms with Gasteiger partial charge in [0.1, 0.15) is 12.4 Å². The lowest BCUT2D eigenvalue weighted by molar-refractivity contribution is -0.117. The Morgan fingerprint density at radius 2 is 1.96 bits per heavy atom. The van der Waals surface area contributed by atoms with Gasteiger partial charge < -0.3 is 10.1 Å². The number of hydrogen-bond acceptors (Lipinski definition) is 4. The summed E-state index contributed by atoms with van der Waals surface area (Å²) >= 11 is 0. The third kappa shape index (κ3) is 5.80. The van der Waals surface area contributed by atoms with E-state index in [1.807, 2.05) is 36.4 Å². The highest BCUT2D eigenvalue weighted by molar-refractivity contribution is 5.92. The summed E-state index contributed by atoms with van der Waals surface area (Å²) in [5.41, 5.74) is 6.24. The van der Waals surface area contributed by atoms with Gasteiger partial charge in [-0.05, 0) is 29.8 Å². The van der Waals surface area contributed by atoms with E-state index in [2.05, 4.69) is 21.2 Å². The second-order valence-corrected chi connectivity index (χ2v) is 4.75. The van der Waals surface area contributed by atoms with Crippen LogP contribution in [0.15, 0.2) is 54.9 Å². The normalized spacial score (nSPS) is 10.2. The Morgan fingerprint density at radius 3 is 2.62 bits per heavy atom. The van der Waals surface area contributed by atoms with Crippen LogP contribution in [0.3, 0.4) is 0 Å². The molecule has 0 bridgehead atoms. The fourth-order valence-electron chi connectivity index (χ4n) is 1.72. The molecule has 3 amide bonds. The molecule has 1 aromatic carbocycles. The molecule has 0 aliphatic heterocycles. The third-order valence-corrected chi connectivity index (χ3v) is 2.96. The number of urea groups is 1. The molecule has 3 N–H and O–H groups in total. The van der Waals surface area contributed by atoms with Gasteiger partial charge in [0.25, 0.3) is 5.91 Å². The third-order valence-electron chi connectivity index (χ3n) is 2.96. The molecular formula is C17H18N4O3. The minimum absolute atomic E-state index is 0.435. The van der Waals surface area contributed by atoms with E-state index >= 15 is 0 Å². The fourth-order valence-corrected chi connectivity index (χ4v) is 1.72. The number of pyridine rings is 1. The highest BCUT2D eigenvalue weighted by Gasteiger charge is 1.99. The first kappa shape index (κ1) is 17.0. The number of nitrogens with one attached hydrogen (secondary N) is 3. The topological polar surface area (TPSA) is 92.4 Å². The quantitative estimate of drug-likeness (QED) is 0.575. The lowest BCUT2D eigenvalue weighted by Crippen LogP contribution is -2.45. The lowest BCUT2D eigenvalue weighted by Gasteiger charge is -2.06. The van der Waals surface area contributed by atoms with Crippen LogP contribution in [0, 0.1) is 0 Å². The monoisotopic (exact) mass is 326 g/mol. The molecule has 1 aromatic heterocycles. The summed E-state index contributed by atoms with van der Waals surface area (Å²) in [6, 6.07) is 10.6. The van der Waals surface area contributed by atoms with Gasteiger partial charge in [-0.25, -0.2) is 10.2 Å². The first-order chi connectivity index (χ1) is 11.7. The zero-order valence-electron chi connectivity index (χ0n) is 13.2. The molecule has 0 aliphatic carbocycles. The van der Waals surface area contributed by atoms with Crippen molar-refractivity contribution in [2.45, 2.75) is 6.61 Å². The largest absolute Gasteiger partial charge is 0.489 e. The van der Waals surface area contributed by atoms with E-state index in [9.17, 15) is 9.59 Å². The minimum atomic E-state index is -0.494. The number of ether oxygens (including phenoxy) is 1. The molecule has 0 spiro atoms. The Kier molecular flexibility index (Phi) is 6.34. The van der Waals surface area contributed by atoms with Gasteiger partial charge >= 0.3 is 6.03 Å². The molecule has 124 valence electrons. The number of hydrazine groups is 1. The van der Waals surface area contributed by atoms with Crippen LogP contribution in [-0.4, -0.2) is 24.0 Å². The van der Waals surface area contributed by atoms with Crippen LogP contribution in [-0.2, 0) is 11.4 Å². The van der Waals surface area contributed by atoms with Crippen molar-refractivity contribution >= 4 is 18.0 Å². The van der Waals surface area contributed by atoms with Crippen molar-refractivity contribution in [3.8, 4) is 5.75 Å². The zero-order valence-corrected chi connectivity index (χ0v) is 13.2. The lowest BCUT2D eigenvalue weighted by atomic mass is 10.2. The maximum Gasteiger partial charge on any atom is 0.333 e. The van der Waals surface area contributed by atoms with Gasteiger partial charge in [0, 0.05) is 31.1 Å². The molecule has 0 saturated heterocycles. The summed E-state index contributed by atoms with van der Waals surface area (Å²) in [6.45, 7) is 0.441. The molecule has 7 nitrogen and oxygen atoms in total. The number of carbonyl (C=O) groups is 2. The standard InChI is InChI=1S/C17H18N4O3/c1-18-17(23)21-20-16(22)9-6-13-4-7-15(8-5-13)24-12-14-3-2-10-19-11-14/h2-11H,12H2,1H3,(H,20,22)(H2,18,21,23)/b9-6+. The Morgan fingerprint density at radius 1 is 1.17 bits per heavy atom. The van der Waals surface area contributed by atoms with Gasteiger partial charge in [0.2, 0.25) is 0 Å². The summed E-state index contributed by atoms with van der Waals surface area (Å²) < 4.78 is 5.65. The van der Waals surface area contributed by atoms with Gasteiger partial charge in [0.15, 0.2) is 0 Å². The van der Waals surface area contributed by atoms with Gasteiger partial charge in [-0.3, -0.25) is 15.2 Å². The second kappa shape index (κ2) is 8.94. The van der Waals surface area contributed by atoms with Crippen LogP contribution in [0.1, 0.15) is 11.1 Å². The Bertz CT molecular complexity index is 700. The van der Waals surface area contributed by atoms with Crippen LogP contribution in [0.4, 0.5) is 4.79 Å². The number of carbonyl (C=O) groups excluding carboxylic acids is 2. The summed E-state index contributed by atoms with van der Waals surface area (Å²) in [4.78, 5) is 26.4. The number of rotatable bonds is 5. The second-order valence-electron chi connectivity index (χ2n) is 4.75. The van der Waals surface area contributed by atoms with Crippen LogP contribution in [0.2, 0.25) is 0 Å². The van der Waals surface area contributed by atoms with Gasteiger partial charge in [0.05, 0.1) is 0 Å². The predicted molar refractivity (Wildman–Crippen MR) is 89.8 cm³/mol. The summed E-state index contributed by atoms with van der Waals surface area (Å²) in [7, 11) is 1.45. The van der Waals surface area contributed by atoms with Crippen molar-refractivity contribution in [1.82, 2.24) is 21.2 Å². The average molecular weight is 326 g/mol. The maximum atomic E-state index is 11.5. The number of nitrogens with zero attached hydrogens (tertiary/aromatic N) is 1. The van der Waals surface area contributed by atoms with Crippen molar-refractivity contribution in [2.24, 2.45) is 0 Å². The van der Waals surface area contributed by atoms with Crippen LogP contribution in [0.25, 0.3) is 6.08 Å². The molecule has 2 rings (SSSR count). The molecule has 7 heteroatoms. The number of benzene rings is 1. The summed E-state index contributed by atoms with van der Waals surface area (Å²) in [6.07, 6.45) is 6.42. The van der Waals surface area contributed by atoms with Gasteiger partial charge in [-0.15, -0.1) is 0 Å². The number of hydrogen-bond donors (Lipinski definition) is 3. The maximum absolute atomic E-state index is 11.5. The van der Waals surface area contributed by atoms with Crippen molar-refractivity contribution in [3.63, 3.8) is 0 Å². The molecule has 0 unspecified atom stereocenters. The van der Waals surface area contributed by atoms with E-state index in [0.717, 1.165) is 16.9 Å². The fraction of sp³-hybridized carbons (Fsp3) is 0.118. The molecule has 0 saturated carbocycles. The molecule has 0 fully saturated rings. The summed E-state index contributed by atoms with van der Waals surface area (Å²) in [5.74, 6) is 0.289. The Labute approximate surface area is 139 Å². The highest BCUT2D eigenvalue weighted by Crippen LogP contribution is 2.14. The molecule has 2 aromatic rings. The van der Waals surface area contributed by atoms with Gasteiger partial charge in [-0.1, -0.05) is 18.2 Å². The predicted octanol–water partition coefficient (Wildman–Crippen LogP) is 1.63. The van der Waals surface area contributed by atoms with E-state index in [1.54, 1.807) is 18.5 Å². The first-order valence-electron chi connectivity index (χ1n) is 7.25. The van der Waals surface area contributed by atoms with Crippen molar-refractivity contribution in [3.05, 3.63) is 66.0 Å². The number of amides is 3. The first-order valence-corrected chi connectivity index (χ1v) is 7.25. The minimum Gasteiger partial charge on any atom is -0.489 e. The zero-order chi connectivity index (χ0) is 17.2. The van der Waals surface area contributed by atoms with E-state index < -0.39 is 11.9 Å². The molecule has 0 radical (unpaired) electrons. The van der Waals surface area contributed by atoms with E-state index in [0.29, 0.717) is 6.61 Å². The smallest absolute Gasteiger partial charge is 0.333 e. The van der Waals surface area contributed by atoms with Crippen molar-refractivity contribution < 1.29 is 14.3 Å². The molecular weight excluding hydrogens is 308 g/mol. The van der Waals surface area contributed by atoms with Crippen molar-refractivity contribution in [1.29, 1.82) is 0 Å². The average Bonchev–Trinajstić information content (AvgIpc) is 2.64. The number of aromatic nitrogens is 1. The van der Waals surface area contributed by atoms with Crippen LogP contribution < -0.4 is 20.9 Å². The summed E-state index contributed by atoms with van der Waals surface area (Å²) in [5, 5.41) is 2.32. The molecule has 1 heterocycles. The SMILES string of the molecule is CNC(=O)NNC(=O)/C=C/c1ccc(OCc2cccnc2)cc1. The van der Waals surface area contributed by atoms with Gasteiger partial charge in [-0.2, -0.15) is 0 Å².